The van der Waals surface area contributed by atoms with Gasteiger partial charge in [-0.15, -0.1) is 13.2 Å². The predicted octanol–water partition coefficient (Wildman–Crippen LogP) is 7.34. The van der Waals surface area contributed by atoms with E-state index < -0.39 is 24.9 Å². The number of ether oxygens (including phenoxy) is 1. The maximum Gasteiger partial charge on any atom is 0.522 e. The molecule has 2 aromatic heterocycles. The first-order valence-electron chi connectivity index (χ1n) is 21.9. The van der Waals surface area contributed by atoms with Gasteiger partial charge >= 0.3 is 6.36 Å². The molecule has 0 spiro atoms. The van der Waals surface area contributed by atoms with Crippen LogP contribution in [0.2, 0.25) is 0 Å². The molecule has 3 aliphatic rings. The Bertz CT molecular complexity index is 2320. The number of pyridine rings is 1. The second-order valence-corrected chi connectivity index (χ2v) is 16.8. The van der Waals surface area contributed by atoms with E-state index in [2.05, 4.69) is 15.4 Å². The molecule has 0 radical (unpaired) electrons. The van der Waals surface area contributed by atoms with E-state index in [1.165, 1.54) is 4.57 Å². The Morgan fingerprint density at radius 2 is 1.65 bits per heavy atom. The SMILES string of the molecule is Cc1cc(-c2ccc3nc(C4CCN(C(=O)CCCCCCCCCCNc5cccc6c5CN(C5CCC(=O)NC5=O)C6=O)CC4)n(CCOC(F)(F)F)c3c2)cn(C)c1=O. The van der Waals surface area contributed by atoms with E-state index in [0.29, 0.717) is 73.3 Å². The van der Waals surface area contributed by atoms with Crippen LogP contribution in [-0.4, -0.2) is 86.2 Å². The van der Waals surface area contributed by atoms with E-state index in [-0.39, 0.29) is 42.2 Å². The molecule has 2 fully saturated rings. The van der Waals surface area contributed by atoms with E-state index >= 15 is 0 Å². The van der Waals surface area contributed by atoms with Crippen molar-refractivity contribution in [1.29, 1.82) is 0 Å². The Morgan fingerprint density at radius 1 is 0.919 bits per heavy atom. The topological polar surface area (TPSA) is 148 Å². The highest BCUT2D eigenvalue weighted by molar-refractivity contribution is 6.06. The summed E-state index contributed by atoms with van der Waals surface area (Å²) in [6, 6.07) is 12.4. The van der Waals surface area contributed by atoms with Gasteiger partial charge in [-0.25, -0.2) is 4.98 Å². The van der Waals surface area contributed by atoms with E-state index in [1.807, 2.05) is 39.8 Å². The molecule has 2 N–H and O–H groups in total. The molecule has 0 bridgehead atoms. The molecule has 4 amide bonds. The summed E-state index contributed by atoms with van der Waals surface area (Å²) in [5.74, 6) is -0.0873. The highest BCUT2D eigenvalue weighted by Crippen LogP contribution is 2.34. The molecule has 1 atom stereocenters. The Balaban J connectivity index is 0.805. The summed E-state index contributed by atoms with van der Waals surface area (Å²) in [4.78, 5) is 70.9. The van der Waals surface area contributed by atoms with Crippen LogP contribution in [0.5, 0.6) is 0 Å². The number of nitrogens with one attached hydrogen (secondary N) is 2. The van der Waals surface area contributed by atoms with Gasteiger partial charge in [0.15, 0.2) is 0 Å². The summed E-state index contributed by atoms with van der Waals surface area (Å²) in [5.41, 5.74) is 5.89. The van der Waals surface area contributed by atoms with Crippen molar-refractivity contribution in [3.8, 4) is 11.1 Å². The zero-order chi connectivity index (χ0) is 44.0. The molecular weight excluding hydrogens is 804 g/mol. The minimum Gasteiger partial charge on any atom is -0.385 e. The standard InChI is InChI=1S/C46H56F3N7O6/c1-30-26-33(28-53(2)44(30)60)32-15-16-37-39(27-32)55(24-25-62-46(47,48)49)42(51-37)31-19-22-54(23-20-31)41(58)14-9-7-5-3-4-6-8-10-21-50-36-13-11-12-34-35(36)29-56(45(34)61)38-17-18-40(57)52-43(38)59/h11-13,15-16,26-28,31,38,50H,3-10,14,17-25,29H2,1-2H3,(H,52,57,59). The highest BCUT2D eigenvalue weighted by Gasteiger charge is 2.40. The van der Waals surface area contributed by atoms with Crippen LogP contribution in [0.1, 0.15) is 117 Å². The third-order valence-electron chi connectivity index (χ3n) is 12.5. The minimum atomic E-state index is -4.75. The number of amides is 4. The highest BCUT2D eigenvalue weighted by atomic mass is 19.4. The van der Waals surface area contributed by atoms with Crippen LogP contribution in [0.3, 0.4) is 0 Å². The Morgan fingerprint density at radius 3 is 2.35 bits per heavy atom. The molecule has 0 aliphatic carbocycles. The number of fused-ring (bicyclic) bond motifs is 2. The summed E-state index contributed by atoms with van der Waals surface area (Å²) < 4.78 is 46.5. The fraction of sp³-hybridized carbons (Fsp3) is 0.522. The molecule has 5 heterocycles. The number of rotatable bonds is 18. The summed E-state index contributed by atoms with van der Waals surface area (Å²) in [6.45, 7) is 3.41. The lowest BCUT2D eigenvalue weighted by Gasteiger charge is -2.32. The smallest absolute Gasteiger partial charge is 0.385 e. The van der Waals surface area contributed by atoms with Gasteiger partial charge in [-0.1, -0.05) is 50.7 Å². The van der Waals surface area contributed by atoms with Crippen molar-refractivity contribution >= 4 is 40.3 Å². The third kappa shape index (κ3) is 10.6. The van der Waals surface area contributed by atoms with Crippen LogP contribution >= 0.6 is 0 Å². The normalized spacial score (nSPS) is 17.2. The first-order valence-corrected chi connectivity index (χ1v) is 21.9. The van der Waals surface area contributed by atoms with Crippen molar-refractivity contribution in [1.82, 2.24) is 29.2 Å². The number of benzene rings is 2. The van der Waals surface area contributed by atoms with E-state index in [0.717, 1.165) is 80.3 Å². The number of halogens is 3. The van der Waals surface area contributed by atoms with Gasteiger partial charge in [-0.2, -0.15) is 0 Å². The third-order valence-corrected chi connectivity index (χ3v) is 12.5. The van der Waals surface area contributed by atoms with Crippen LogP contribution in [0.4, 0.5) is 18.9 Å². The van der Waals surface area contributed by atoms with Crippen molar-refractivity contribution < 1.29 is 37.1 Å². The maximum atomic E-state index is 13.2. The van der Waals surface area contributed by atoms with E-state index in [9.17, 15) is 37.1 Å². The van der Waals surface area contributed by atoms with Gasteiger partial charge in [0, 0.05) is 87.1 Å². The number of carbonyl (C=O) groups excluding carboxylic acids is 4. The first-order chi connectivity index (χ1) is 29.8. The quantitative estimate of drug-likeness (QED) is 0.0781. The van der Waals surface area contributed by atoms with Crippen molar-refractivity contribution in [3.05, 3.63) is 81.5 Å². The number of carbonyl (C=O) groups is 4. The average molecular weight is 860 g/mol. The van der Waals surface area contributed by atoms with Crippen LogP contribution in [0.25, 0.3) is 22.2 Å². The maximum absolute atomic E-state index is 13.2. The molecule has 13 nitrogen and oxygen atoms in total. The molecule has 2 aromatic carbocycles. The van der Waals surface area contributed by atoms with Gasteiger partial charge < -0.3 is 24.3 Å². The Hall–Kier alpha value is -5.51. The second kappa shape index (κ2) is 19.7. The fourth-order valence-electron chi connectivity index (χ4n) is 9.14. The minimum absolute atomic E-state index is 0.0288. The Labute approximate surface area is 359 Å². The van der Waals surface area contributed by atoms with E-state index in [4.69, 9.17) is 4.98 Å². The number of unbranched alkanes of at least 4 members (excludes halogenated alkanes) is 7. The monoisotopic (exact) mass is 859 g/mol. The molecule has 0 saturated carbocycles. The lowest BCUT2D eigenvalue weighted by Crippen LogP contribution is -2.52. The number of anilines is 1. The zero-order valence-corrected chi connectivity index (χ0v) is 35.5. The van der Waals surface area contributed by atoms with Gasteiger partial charge in [0.2, 0.25) is 17.7 Å². The van der Waals surface area contributed by atoms with E-state index in [1.54, 1.807) is 37.2 Å². The number of imidazole rings is 1. The van der Waals surface area contributed by atoms with Crippen molar-refractivity contribution in [2.75, 3.05) is 31.6 Å². The first kappa shape index (κ1) is 44.5. The fourth-order valence-corrected chi connectivity index (χ4v) is 9.14. The molecule has 62 heavy (non-hydrogen) atoms. The van der Waals surface area contributed by atoms with Crippen LogP contribution in [-0.2, 0) is 39.3 Å². The number of hydrogen-bond acceptors (Lipinski definition) is 8. The molecule has 332 valence electrons. The number of nitrogens with zero attached hydrogens (tertiary/aromatic N) is 5. The number of aromatic nitrogens is 3. The molecule has 7 rings (SSSR count). The second-order valence-electron chi connectivity index (χ2n) is 16.8. The van der Waals surface area contributed by atoms with Crippen LogP contribution < -0.4 is 16.2 Å². The zero-order valence-electron chi connectivity index (χ0n) is 35.5. The predicted molar refractivity (Wildman–Crippen MR) is 228 cm³/mol. The van der Waals surface area contributed by atoms with Crippen molar-refractivity contribution in [2.45, 2.75) is 122 Å². The average Bonchev–Trinajstić information content (AvgIpc) is 3.78. The lowest BCUT2D eigenvalue weighted by molar-refractivity contribution is -0.325. The summed E-state index contributed by atoms with van der Waals surface area (Å²) in [5, 5.41) is 5.83. The lowest BCUT2D eigenvalue weighted by atomic mass is 9.95. The number of piperidine rings is 2. The molecule has 4 aromatic rings. The van der Waals surface area contributed by atoms with Crippen LogP contribution in [0, 0.1) is 6.92 Å². The Kier molecular flexibility index (Phi) is 14.1. The summed E-state index contributed by atoms with van der Waals surface area (Å²) >= 11 is 0. The van der Waals surface area contributed by atoms with Gasteiger partial charge in [-0.3, -0.25) is 34.0 Å². The molecular formula is C46H56F3N7O6. The molecule has 16 heteroatoms. The molecule has 3 aliphatic heterocycles. The largest absolute Gasteiger partial charge is 0.522 e. The molecule has 1 unspecified atom stereocenters. The summed E-state index contributed by atoms with van der Waals surface area (Å²) in [6.07, 6.45) is 7.68. The van der Waals surface area contributed by atoms with Gasteiger partial charge in [0.1, 0.15) is 11.9 Å². The van der Waals surface area contributed by atoms with Crippen molar-refractivity contribution in [2.24, 2.45) is 7.05 Å². The number of aryl methyl sites for hydroxylation is 2. The number of alkyl halides is 3. The number of imide groups is 1. The molecule has 2 saturated heterocycles. The van der Waals surface area contributed by atoms with Crippen LogP contribution in [0.15, 0.2) is 53.5 Å². The summed E-state index contributed by atoms with van der Waals surface area (Å²) in [7, 11) is 1.68. The van der Waals surface area contributed by atoms with Gasteiger partial charge in [0.05, 0.1) is 17.6 Å². The number of likely N-dealkylation sites (tertiary alicyclic amines) is 1. The van der Waals surface area contributed by atoms with Gasteiger partial charge in [-0.05, 0) is 80.5 Å². The number of hydrogen-bond donors (Lipinski definition) is 2. The van der Waals surface area contributed by atoms with Crippen molar-refractivity contribution in [3.63, 3.8) is 0 Å². The van der Waals surface area contributed by atoms with Gasteiger partial charge in [0.25, 0.3) is 11.5 Å².